The Morgan fingerprint density at radius 3 is 2.50 bits per heavy atom. The smallest absolute Gasteiger partial charge is 0.419 e. The normalized spacial score (nSPS) is 24.1. The highest BCUT2D eigenvalue weighted by Gasteiger charge is 2.49. The minimum Gasteiger partial charge on any atom is -0.748 e. The number of fused-ring (bicyclic) bond motifs is 2. The first-order chi connectivity index (χ1) is 13.8. The first kappa shape index (κ1) is 22.8. The maximum Gasteiger partial charge on any atom is 0.419 e. The van der Waals surface area contributed by atoms with Crippen LogP contribution in [-0.2, 0) is 25.8 Å². The van der Waals surface area contributed by atoms with E-state index in [1.54, 1.807) is 13.8 Å². The third kappa shape index (κ3) is 5.25. The van der Waals surface area contributed by atoms with E-state index in [4.69, 9.17) is 9.47 Å². The molecule has 0 aliphatic carbocycles. The molecule has 1 aromatic carbocycles. The van der Waals surface area contributed by atoms with E-state index in [9.17, 15) is 30.9 Å². The van der Waals surface area contributed by atoms with Crippen LogP contribution in [0.4, 0.5) is 13.2 Å². The lowest BCUT2D eigenvalue weighted by atomic mass is 9.78. The number of carbonyl (C=O) groups excluding carboxylic acids is 1. The summed E-state index contributed by atoms with van der Waals surface area (Å²) in [6, 6.07) is 2.55. The fraction of sp³-hybridized carbons (Fsp3) is 0.632. The number of halogens is 3. The van der Waals surface area contributed by atoms with Crippen LogP contribution in [0.25, 0.3) is 0 Å². The molecule has 0 aromatic heterocycles. The van der Waals surface area contributed by atoms with Gasteiger partial charge in [0.05, 0.1) is 39.2 Å². The molecule has 30 heavy (non-hydrogen) atoms. The van der Waals surface area contributed by atoms with Crippen LogP contribution >= 0.6 is 0 Å². The highest BCUT2D eigenvalue weighted by atomic mass is 32.2. The van der Waals surface area contributed by atoms with Crippen LogP contribution < -0.4 is 4.74 Å². The quantitative estimate of drug-likeness (QED) is 0.464. The first-order valence-corrected chi connectivity index (χ1v) is 11.0. The summed E-state index contributed by atoms with van der Waals surface area (Å²) in [5.74, 6) is -2.62. The molecule has 7 nitrogen and oxygen atoms in total. The number of alkyl halides is 3. The molecule has 168 valence electrons. The SMILES string of the molecule is CC(C)(Oc1cc(C(=O)OCCS(=O)(=O)[O-])ccc1C(F)(F)F)C1CC2CCC1O2. The summed E-state index contributed by atoms with van der Waals surface area (Å²) in [7, 11) is -4.59. The Bertz CT molecular complexity index is 911. The molecule has 11 heteroatoms. The van der Waals surface area contributed by atoms with Crippen LogP contribution in [-0.4, -0.2) is 49.1 Å². The Morgan fingerprint density at radius 2 is 1.97 bits per heavy atom. The zero-order valence-electron chi connectivity index (χ0n) is 16.4. The third-order valence-corrected chi connectivity index (χ3v) is 6.13. The van der Waals surface area contributed by atoms with Gasteiger partial charge in [-0.1, -0.05) is 0 Å². The Labute approximate surface area is 172 Å². The number of rotatable bonds is 7. The number of carbonyl (C=O) groups is 1. The van der Waals surface area contributed by atoms with Crippen molar-refractivity contribution in [2.75, 3.05) is 12.4 Å². The topological polar surface area (TPSA) is 102 Å². The molecular weight excluding hydrogens is 429 g/mol. The van der Waals surface area contributed by atoms with Crippen molar-refractivity contribution in [2.45, 2.75) is 57.1 Å². The van der Waals surface area contributed by atoms with E-state index in [0.29, 0.717) is 12.5 Å². The second kappa shape index (κ2) is 8.01. The van der Waals surface area contributed by atoms with E-state index < -0.39 is 51.5 Å². The lowest BCUT2D eigenvalue weighted by molar-refractivity contribution is -0.140. The number of esters is 1. The van der Waals surface area contributed by atoms with Crippen LogP contribution in [0.15, 0.2) is 18.2 Å². The van der Waals surface area contributed by atoms with Crippen molar-refractivity contribution in [3.05, 3.63) is 29.3 Å². The van der Waals surface area contributed by atoms with E-state index in [2.05, 4.69) is 4.74 Å². The molecule has 3 rings (SSSR count). The maximum atomic E-state index is 13.5. The summed E-state index contributed by atoms with van der Waals surface area (Å²) in [5, 5.41) is 0. The molecule has 2 heterocycles. The molecule has 2 bridgehead atoms. The van der Waals surface area contributed by atoms with Gasteiger partial charge in [-0.15, -0.1) is 0 Å². The molecule has 3 unspecified atom stereocenters. The Morgan fingerprint density at radius 1 is 1.27 bits per heavy atom. The highest BCUT2D eigenvalue weighted by molar-refractivity contribution is 7.85. The predicted molar refractivity (Wildman–Crippen MR) is 97.0 cm³/mol. The van der Waals surface area contributed by atoms with Crippen LogP contribution in [0, 0.1) is 5.92 Å². The second-order valence-corrected chi connectivity index (χ2v) is 9.55. The molecule has 0 amide bonds. The van der Waals surface area contributed by atoms with Gasteiger partial charge in [0, 0.05) is 5.92 Å². The standard InChI is InChI=1S/C19H23F3O7S/c1-18(2,14-10-12-4-6-15(14)28-12)29-16-9-11(3-5-13(16)19(20,21)22)17(23)27-7-8-30(24,25)26/h3,5,9,12,14-15H,4,6-8,10H2,1-2H3,(H,24,25,26)/p-1. The van der Waals surface area contributed by atoms with Crippen molar-refractivity contribution in [3.8, 4) is 5.75 Å². The average Bonchev–Trinajstić information content (AvgIpc) is 3.22. The van der Waals surface area contributed by atoms with Crippen LogP contribution in [0.2, 0.25) is 0 Å². The van der Waals surface area contributed by atoms with Crippen LogP contribution in [0.3, 0.4) is 0 Å². The predicted octanol–water partition coefficient (Wildman–Crippen LogP) is 3.13. The van der Waals surface area contributed by atoms with Crippen LogP contribution in [0.5, 0.6) is 5.75 Å². The van der Waals surface area contributed by atoms with Crippen molar-refractivity contribution in [1.82, 2.24) is 0 Å². The number of hydrogen-bond donors (Lipinski definition) is 0. The van der Waals surface area contributed by atoms with E-state index in [-0.39, 0.29) is 23.7 Å². The van der Waals surface area contributed by atoms with Gasteiger partial charge in [-0.2, -0.15) is 13.2 Å². The Balaban J connectivity index is 1.82. The van der Waals surface area contributed by atoms with Crippen molar-refractivity contribution in [2.24, 2.45) is 5.92 Å². The van der Waals surface area contributed by atoms with Crippen molar-refractivity contribution >= 4 is 16.1 Å². The lowest BCUT2D eigenvalue weighted by Gasteiger charge is -2.36. The monoisotopic (exact) mass is 451 g/mol. The van der Waals surface area contributed by atoms with Crippen molar-refractivity contribution in [1.29, 1.82) is 0 Å². The van der Waals surface area contributed by atoms with Crippen molar-refractivity contribution in [3.63, 3.8) is 0 Å². The van der Waals surface area contributed by atoms with Crippen molar-refractivity contribution < 1.29 is 45.1 Å². The van der Waals surface area contributed by atoms with Gasteiger partial charge in [0.15, 0.2) is 0 Å². The molecule has 0 spiro atoms. The van der Waals surface area contributed by atoms with E-state index >= 15 is 0 Å². The molecule has 2 aliphatic heterocycles. The minimum absolute atomic E-state index is 0.0819. The fourth-order valence-corrected chi connectivity index (χ4v) is 4.30. The van der Waals surface area contributed by atoms with E-state index in [0.717, 1.165) is 25.0 Å². The average molecular weight is 451 g/mol. The summed E-state index contributed by atoms with van der Waals surface area (Å²) < 4.78 is 88.5. The molecule has 2 aliphatic rings. The van der Waals surface area contributed by atoms with Gasteiger partial charge in [0.25, 0.3) is 0 Å². The number of benzene rings is 1. The van der Waals surface area contributed by atoms with Gasteiger partial charge in [-0.05, 0) is 51.3 Å². The van der Waals surface area contributed by atoms with Gasteiger partial charge in [0.2, 0.25) is 0 Å². The summed E-state index contributed by atoms with van der Waals surface area (Å²) in [6.07, 6.45) is -2.28. The fourth-order valence-electron chi connectivity index (χ4n) is 4.02. The molecule has 0 radical (unpaired) electrons. The maximum absolute atomic E-state index is 13.5. The van der Waals surface area contributed by atoms with Gasteiger partial charge in [-0.25, -0.2) is 13.2 Å². The van der Waals surface area contributed by atoms with Gasteiger partial charge in [0.1, 0.15) is 18.0 Å². The molecule has 1 aromatic rings. The largest absolute Gasteiger partial charge is 0.748 e. The summed E-state index contributed by atoms with van der Waals surface area (Å²) in [5.41, 5.74) is -2.28. The number of hydrogen-bond acceptors (Lipinski definition) is 7. The second-order valence-electron chi connectivity index (χ2n) is 8.03. The zero-order chi connectivity index (χ0) is 22.3. The molecule has 2 saturated heterocycles. The Kier molecular flexibility index (Phi) is 6.09. The van der Waals surface area contributed by atoms with E-state index in [1.165, 1.54) is 0 Å². The van der Waals surface area contributed by atoms with Gasteiger partial charge >= 0.3 is 12.1 Å². The summed E-state index contributed by atoms with van der Waals surface area (Å²) in [4.78, 5) is 12.1. The zero-order valence-corrected chi connectivity index (χ0v) is 17.2. The number of ether oxygens (including phenoxy) is 3. The third-order valence-electron chi connectivity index (χ3n) is 5.46. The molecule has 2 fully saturated rings. The van der Waals surface area contributed by atoms with Crippen LogP contribution in [0.1, 0.15) is 49.0 Å². The van der Waals surface area contributed by atoms with Gasteiger partial charge in [-0.3, -0.25) is 0 Å². The molecular formula is C19H22F3O7S-. The molecule has 0 N–H and O–H groups in total. The minimum atomic E-state index is -4.71. The first-order valence-electron chi connectivity index (χ1n) is 9.43. The molecule has 3 atom stereocenters. The Hall–Kier alpha value is -1.85. The lowest BCUT2D eigenvalue weighted by Crippen LogP contribution is -2.43. The highest BCUT2D eigenvalue weighted by Crippen LogP contribution is 2.46. The summed E-state index contributed by atoms with van der Waals surface area (Å²) >= 11 is 0. The van der Waals surface area contributed by atoms with E-state index in [1.807, 2.05) is 0 Å². The molecule has 0 saturated carbocycles. The summed E-state index contributed by atoms with van der Waals surface area (Å²) in [6.45, 7) is 2.67. The van der Waals surface area contributed by atoms with Gasteiger partial charge < -0.3 is 18.8 Å².